The Morgan fingerprint density at radius 1 is 1.16 bits per heavy atom. The van der Waals surface area contributed by atoms with Crippen molar-refractivity contribution in [3.8, 4) is 0 Å². The molecule has 1 aliphatic heterocycles. The monoisotopic (exact) mass is 437 g/mol. The van der Waals surface area contributed by atoms with E-state index in [0.717, 1.165) is 11.1 Å². The van der Waals surface area contributed by atoms with Crippen molar-refractivity contribution in [1.29, 1.82) is 0 Å². The summed E-state index contributed by atoms with van der Waals surface area (Å²) < 4.78 is 0. The Labute approximate surface area is 183 Å². The summed E-state index contributed by atoms with van der Waals surface area (Å²) in [5.41, 5.74) is 2.82. The summed E-state index contributed by atoms with van der Waals surface area (Å²) in [5, 5.41) is 8.88. The van der Waals surface area contributed by atoms with Crippen molar-refractivity contribution in [2.75, 3.05) is 16.0 Å². The molecule has 0 saturated carbocycles. The predicted octanol–water partition coefficient (Wildman–Crippen LogP) is 3.85. The van der Waals surface area contributed by atoms with E-state index in [0.29, 0.717) is 16.4 Å². The van der Waals surface area contributed by atoms with Gasteiger partial charge >= 0.3 is 0 Å². The summed E-state index contributed by atoms with van der Waals surface area (Å²) in [7, 11) is 0. The standard InChI is InChI=1S/C22H20ClN5O3/c1-11-6-7-16(12(2)8-11)25-20(30)15-10-17(29)26-19-18(15)21(31)28-22(27-19)24-14-5-3-4-13(23)9-14/h3-9,15H,10H2,1-2H3,(H,25,30)(H3,24,26,27,28,29,31)/t15-/m1/s1. The molecule has 0 spiro atoms. The van der Waals surface area contributed by atoms with E-state index in [-0.39, 0.29) is 29.7 Å². The van der Waals surface area contributed by atoms with Gasteiger partial charge in [-0.25, -0.2) is 0 Å². The SMILES string of the molecule is Cc1ccc(NC(=O)[C@@H]2CC(=O)Nc3nc(Nc4cccc(Cl)c4)[nH]c(=O)c32)c(C)c1. The minimum Gasteiger partial charge on any atom is -0.326 e. The number of benzene rings is 2. The van der Waals surface area contributed by atoms with Crippen LogP contribution < -0.4 is 21.5 Å². The van der Waals surface area contributed by atoms with E-state index in [1.807, 2.05) is 26.0 Å². The Kier molecular flexibility index (Phi) is 5.48. The maximum absolute atomic E-state index is 13.0. The van der Waals surface area contributed by atoms with Gasteiger partial charge in [-0.1, -0.05) is 35.4 Å². The van der Waals surface area contributed by atoms with Crippen molar-refractivity contribution >= 4 is 46.6 Å². The molecule has 9 heteroatoms. The van der Waals surface area contributed by atoms with Crippen LogP contribution in [-0.2, 0) is 9.59 Å². The number of nitrogens with one attached hydrogen (secondary N) is 4. The van der Waals surface area contributed by atoms with Gasteiger partial charge in [0.05, 0.1) is 11.5 Å². The van der Waals surface area contributed by atoms with Crippen molar-refractivity contribution < 1.29 is 9.59 Å². The summed E-state index contributed by atoms with van der Waals surface area (Å²) in [5.74, 6) is -1.60. The van der Waals surface area contributed by atoms with Gasteiger partial charge in [0.15, 0.2) is 0 Å². The van der Waals surface area contributed by atoms with Gasteiger partial charge in [0.1, 0.15) is 5.82 Å². The molecule has 1 atom stereocenters. The molecular weight excluding hydrogens is 418 g/mol. The van der Waals surface area contributed by atoms with Crippen LogP contribution in [0.3, 0.4) is 0 Å². The molecule has 4 N–H and O–H groups in total. The Bertz CT molecular complexity index is 1250. The van der Waals surface area contributed by atoms with Gasteiger partial charge in [-0.2, -0.15) is 4.98 Å². The van der Waals surface area contributed by atoms with Gasteiger partial charge < -0.3 is 16.0 Å². The number of amides is 2. The van der Waals surface area contributed by atoms with E-state index in [1.165, 1.54) is 0 Å². The zero-order chi connectivity index (χ0) is 22.1. The Hall–Kier alpha value is -3.65. The number of carbonyl (C=O) groups excluding carboxylic acids is 2. The first kappa shape index (κ1) is 20.6. The number of H-pyrrole nitrogens is 1. The van der Waals surface area contributed by atoms with Crippen molar-refractivity contribution in [3.63, 3.8) is 0 Å². The Morgan fingerprint density at radius 3 is 2.71 bits per heavy atom. The molecule has 158 valence electrons. The van der Waals surface area contributed by atoms with Crippen molar-refractivity contribution in [2.45, 2.75) is 26.2 Å². The smallest absolute Gasteiger partial charge is 0.258 e. The highest BCUT2D eigenvalue weighted by Crippen LogP contribution is 2.30. The summed E-state index contributed by atoms with van der Waals surface area (Å²) in [6, 6.07) is 12.5. The first-order valence-corrected chi connectivity index (χ1v) is 10.0. The molecule has 2 heterocycles. The fraction of sp³-hybridized carbons (Fsp3) is 0.182. The van der Waals surface area contributed by atoms with E-state index in [1.54, 1.807) is 30.3 Å². The maximum atomic E-state index is 13.0. The molecule has 0 fully saturated rings. The van der Waals surface area contributed by atoms with E-state index in [4.69, 9.17) is 11.6 Å². The molecule has 8 nitrogen and oxygen atoms in total. The Morgan fingerprint density at radius 2 is 1.97 bits per heavy atom. The number of aromatic amines is 1. The number of rotatable bonds is 4. The van der Waals surface area contributed by atoms with E-state index < -0.39 is 17.4 Å². The van der Waals surface area contributed by atoms with Gasteiger partial charge in [-0.15, -0.1) is 0 Å². The lowest BCUT2D eigenvalue weighted by Crippen LogP contribution is -2.36. The summed E-state index contributed by atoms with van der Waals surface area (Å²) in [6.07, 6.45) is -0.143. The first-order valence-electron chi connectivity index (χ1n) is 9.65. The molecule has 2 amide bonds. The van der Waals surface area contributed by atoms with Crippen LogP contribution >= 0.6 is 11.6 Å². The minimum absolute atomic E-state index is 0.0605. The molecule has 3 aromatic rings. The predicted molar refractivity (Wildman–Crippen MR) is 120 cm³/mol. The molecule has 31 heavy (non-hydrogen) atoms. The zero-order valence-corrected chi connectivity index (χ0v) is 17.6. The number of aryl methyl sites for hydroxylation is 2. The van der Waals surface area contributed by atoms with Crippen LogP contribution in [0.5, 0.6) is 0 Å². The van der Waals surface area contributed by atoms with Crippen LogP contribution in [0.15, 0.2) is 47.3 Å². The lowest BCUT2D eigenvalue weighted by Gasteiger charge is -2.24. The van der Waals surface area contributed by atoms with Crippen LogP contribution in [0.1, 0.15) is 29.0 Å². The van der Waals surface area contributed by atoms with Crippen LogP contribution in [0.4, 0.5) is 23.1 Å². The second-order valence-corrected chi connectivity index (χ2v) is 7.86. The first-order chi connectivity index (χ1) is 14.8. The number of aromatic nitrogens is 2. The van der Waals surface area contributed by atoms with Crippen LogP contribution in [0, 0.1) is 13.8 Å². The third kappa shape index (κ3) is 4.44. The summed E-state index contributed by atoms with van der Waals surface area (Å²) >= 11 is 5.98. The van der Waals surface area contributed by atoms with E-state index in [9.17, 15) is 14.4 Å². The van der Waals surface area contributed by atoms with Gasteiger partial charge in [0, 0.05) is 22.8 Å². The molecule has 0 radical (unpaired) electrons. The van der Waals surface area contributed by atoms with E-state index in [2.05, 4.69) is 25.9 Å². The van der Waals surface area contributed by atoms with Gasteiger partial charge in [-0.3, -0.25) is 19.4 Å². The van der Waals surface area contributed by atoms with E-state index >= 15 is 0 Å². The number of fused-ring (bicyclic) bond motifs is 1. The average molecular weight is 438 g/mol. The molecule has 2 aromatic carbocycles. The number of hydrogen-bond acceptors (Lipinski definition) is 5. The van der Waals surface area contributed by atoms with Crippen molar-refractivity contribution in [3.05, 3.63) is 74.5 Å². The normalized spacial score (nSPS) is 15.1. The fourth-order valence-electron chi connectivity index (χ4n) is 3.53. The average Bonchev–Trinajstić information content (AvgIpc) is 2.69. The summed E-state index contributed by atoms with van der Waals surface area (Å²) in [6.45, 7) is 3.84. The largest absolute Gasteiger partial charge is 0.326 e. The molecule has 0 saturated heterocycles. The number of carbonyl (C=O) groups is 2. The second kappa shape index (κ2) is 8.23. The van der Waals surface area contributed by atoms with Gasteiger partial charge in [0.25, 0.3) is 5.56 Å². The third-order valence-electron chi connectivity index (χ3n) is 4.99. The van der Waals surface area contributed by atoms with Gasteiger partial charge in [-0.05, 0) is 43.7 Å². The molecule has 0 aliphatic carbocycles. The number of halogens is 1. The molecule has 1 aliphatic rings. The van der Waals surface area contributed by atoms with Crippen LogP contribution in [0.25, 0.3) is 0 Å². The molecular formula is C22H20ClN5O3. The maximum Gasteiger partial charge on any atom is 0.258 e. The summed E-state index contributed by atoms with van der Waals surface area (Å²) in [4.78, 5) is 45.0. The van der Waals surface area contributed by atoms with Crippen molar-refractivity contribution in [2.24, 2.45) is 0 Å². The van der Waals surface area contributed by atoms with Gasteiger partial charge in [0.2, 0.25) is 17.8 Å². The molecule has 4 rings (SSSR count). The topological polar surface area (TPSA) is 116 Å². The number of nitrogens with zero attached hydrogens (tertiary/aromatic N) is 1. The van der Waals surface area contributed by atoms with Crippen LogP contribution in [0.2, 0.25) is 5.02 Å². The quantitative estimate of drug-likeness (QED) is 0.494. The lowest BCUT2D eigenvalue weighted by molar-refractivity contribution is -0.123. The molecule has 0 unspecified atom stereocenters. The minimum atomic E-state index is -0.957. The Balaban J connectivity index is 1.65. The fourth-order valence-corrected chi connectivity index (χ4v) is 3.72. The third-order valence-corrected chi connectivity index (χ3v) is 5.23. The molecule has 0 bridgehead atoms. The number of anilines is 4. The van der Waals surface area contributed by atoms with Crippen molar-refractivity contribution in [1.82, 2.24) is 9.97 Å². The highest BCUT2D eigenvalue weighted by Gasteiger charge is 2.35. The molecule has 1 aromatic heterocycles. The van der Waals surface area contributed by atoms with Crippen LogP contribution in [-0.4, -0.2) is 21.8 Å². The highest BCUT2D eigenvalue weighted by atomic mass is 35.5. The highest BCUT2D eigenvalue weighted by molar-refractivity contribution is 6.30. The zero-order valence-electron chi connectivity index (χ0n) is 16.9. The number of hydrogen-bond donors (Lipinski definition) is 4. The second-order valence-electron chi connectivity index (χ2n) is 7.42. The lowest BCUT2D eigenvalue weighted by atomic mass is 9.92.